The predicted molar refractivity (Wildman–Crippen MR) is 115 cm³/mol. The van der Waals surface area contributed by atoms with Gasteiger partial charge in [-0.15, -0.1) is 0 Å². The third kappa shape index (κ3) is 5.24. The van der Waals surface area contributed by atoms with Crippen molar-refractivity contribution in [2.24, 2.45) is 5.41 Å². The van der Waals surface area contributed by atoms with Gasteiger partial charge < -0.3 is 19.0 Å². The van der Waals surface area contributed by atoms with Gasteiger partial charge in [0.2, 0.25) is 0 Å². The number of hydrogen-bond donors (Lipinski definition) is 1. The highest BCUT2D eigenvalue weighted by atomic mass is 19.4. The van der Waals surface area contributed by atoms with Crippen LogP contribution in [0.25, 0.3) is 22.1 Å². The molecule has 1 heterocycles. The summed E-state index contributed by atoms with van der Waals surface area (Å²) in [6.07, 6.45) is -2.64. The molecule has 32 heavy (non-hydrogen) atoms. The van der Waals surface area contributed by atoms with E-state index in [2.05, 4.69) is 6.92 Å². The lowest BCUT2D eigenvalue weighted by molar-refractivity contribution is -0.237. The van der Waals surface area contributed by atoms with Gasteiger partial charge in [-0.25, -0.2) is 4.79 Å². The van der Waals surface area contributed by atoms with E-state index >= 15 is 0 Å². The second-order valence-corrected chi connectivity index (χ2v) is 7.88. The number of ether oxygens (including phenoxy) is 2. The molecule has 1 N–H and O–H groups in total. The van der Waals surface area contributed by atoms with Crippen molar-refractivity contribution in [1.82, 2.24) is 0 Å². The van der Waals surface area contributed by atoms with Gasteiger partial charge in [0.05, 0.1) is 18.8 Å². The molecule has 3 rings (SSSR count). The third-order valence-electron chi connectivity index (χ3n) is 5.23. The highest BCUT2D eigenvalue weighted by Gasteiger charge is 2.51. The number of hydrogen-bond acceptors (Lipinski definition) is 5. The summed E-state index contributed by atoms with van der Waals surface area (Å²) in [5.41, 5.74) is -1.78. The Bertz CT molecular complexity index is 1110. The molecule has 0 fully saturated rings. The first-order chi connectivity index (χ1) is 15.2. The fourth-order valence-corrected chi connectivity index (χ4v) is 2.91. The number of unbranched alkanes of at least 4 members (excludes halogenated alkanes) is 1. The van der Waals surface area contributed by atoms with Crippen molar-refractivity contribution < 1.29 is 32.2 Å². The summed E-state index contributed by atoms with van der Waals surface area (Å²) < 4.78 is 55.6. The lowest BCUT2D eigenvalue weighted by Crippen LogP contribution is -2.43. The first kappa shape index (κ1) is 23.7. The molecule has 1 unspecified atom stereocenters. The molecule has 0 bridgehead atoms. The molecule has 0 saturated heterocycles. The Morgan fingerprint density at radius 3 is 2.31 bits per heavy atom. The van der Waals surface area contributed by atoms with Crippen LogP contribution in [0.2, 0.25) is 0 Å². The van der Waals surface area contributed by atoms with E-state index in [9.17, 15) is 18.0 Å². The van der Waals surface area contributed by atoms with Gasteiger partial charge in [0, 0.05) is 11.5 Å². The maximum atomic E-state index is 13.1. The summed E-state index contributed by atoms with van der Waals surface area (Å²) in [4.78, 5) is 12.5. The van der Waals surface area contributed by atoms with E-state index in [1.807, 2.05) is 0 Å². The molecular weight excluding hydrogens is 425 g/mol. The molecule has 5 nitrogen and oxygen atoms in total. The summed E-state index contributed by atoms with van der Waals surface area (Å²) >= 11 is 0. The lowest BCUT2D eigenvalue weighted by atomic mass is 9.92. The molecule has 172 valence electrons. The molecule has 0 aliphatic rings. The van der Waals surface area contributed by atoms with Crippen molar-refractivity contribution in [2.45, 2.75) is 32.9 Å². The quantitative estimate of drug-likeness (QED) is 0.341. The Balaban J connectivity index is 1.80. The number of alkyl halides is 3. The Morgan fingerprint density at radius 2 is 1.69 bits per heavy atom. The number of benzene rings is 2. The molecule has 0 amide bonds. The van der Waals surface area contributed by atoms with E-state index in [4.69, 9.17) is 19.0 Å². The normalized spacial score (nSPS) is 13.7. The van der Waals surface area contributed by atoms with Gasteiger partial charge >= 0.3 is 11.8 Å². The van der Waals surface area contributed by atoms with Crippen molar-refractivity contribution >= 4 is 11.0 Å². The standard InChI is InChI=1S/C24H25F3O5/c1-3-4-11-30-18-8-5-16(6-9-18)20-12-17-7-10-19(13-21(17)32-22(20)29)31-15-23(2,14-28)24(25,26)27/h5-10,12-13,28H,3-4,11,14-15H2,1-2H3. The Labute approximate surface area is 183 Å². The molecule has 2 aromatic carbocycles. The highest BCUT2D eigenvalue weighted by molar-refractivity contribution is 5.82. The molecule has 3 aromatic rings. The number of rotatable bonds is 9. The topological polar surface area (TPSA) is 68.9 Å². The number of aliphatic hydroxyl groups excluding tert-OH is 1. The molecule has 0 aliphatic heterocycles. The fourth-order valence-electron chi connectivity index (χ4n) is 2.91. The van der Waals surface area contributed by atoms with Gasteiger partial charge in [-0.3, -0.25) is 0 Å². The SMILES string of the molecule is CCCCOc1ccc(-c2cc3ccc(OCC(C)(CO)C(F)(F)F)cc3oc2=O)cc1. The van der Waals surface area contributed by atoms with Gasteiger partial charge in [0.1, 0.15) is 29.1 Å². The van der Waals surface area contributed by atoms with Crippen molar-refractivity contribution in [2.75, 3.05) is 19.8 Å². The van der Waals surface area contributed by atoms with Crippen LogP contribution in [0.15, 0.2) is 57.7 Å². The first-order valence-corrected chi connectivity index (χ1v) is 10.3. The maximum Gasteiger partial charge on any atom is 0.399 e. The summed E-state index contributed by atoms with van der Waals surface area (Å²) in [6, 6.07) is 13.2. The van der Waals surface area contributed by atoms with Crippen LogP contribution in [-0.4, -0.2) is 31.1 Å². The third-order valence-corrected chi connectivity index (χ3v) is 5.23. The Hall–Kier alpha value is -3.00. The van der Waals surface area contributed by atoms with Gasteiger partial charge in [-0.05, 0) is 49.2 Å². The number of halogens is 3. The van der Waals surface area contributed by atoms with Gasteiger partial charge in [0.25, 0.3) is 0 Å². The minimum absolute atomic E-state index is 0.103. The van der Waals surface area contributed by atoms with E-state index in [0.29, 0.717) is 28.9 Å². The fraction of sp³-hybridized carbons (Fsp3) is 0.375. The van der Waals surface area contributed by atoms with E-state index in [1.54, 1.807) is 36.4 Å². The Morgan fingerprint density at radius 1 is 1.00 bits per heavy atom. The largest absolute Gasteiger partial charge is 0.494 e. The van der Waals surface area contributed by atoms with Gasteiger partial charge in [-0.1, -0.05) is 25.5 Å². The zero-order valence-electron chi connectivity index (χ0n) is 17.9. The summed E-state index contributed by atoms with van der Waals surface area (Å²) in [6.45, 7) is 1.70. The van der Waals surface area contributed by atoms with Crippen LogP contribution in [0, 0.1) is 5.41 Å². The van der Waals surface area contributed by atoms with Crippen LogP contribution < -0.4 is 15.1 Å². The van der Waals surface area contributed by atoms with Crippen molar-refractivity contribution in [3.05, 3.63) is 59.0 Å². The molecule has 0 radical (unpaired) electrons. The first-order valence-electron chi connectivity index (χ1n) is 10.3. The summed E-state index contributed by atoms with van der Waals surface area (Å²) in [7, 11) is 0. The van der Waals surface area contributed by atoms with Crippen LogP contribution in [0.5, 0.6) is 11.5 Å². The highest BCUT2D eigenvalue weighted by Crippen LogP contribution is 2.38. The predicted octanol–water partition coefficient (Wildman–Crippen LogP) is 5.58. The van der Waals surface area contributed by atoms with E-state index in [0.717, 1.165) is 19.8 Å². The van der Waals surface area contributed by atoms with E-state index < -0.39 is 30.4 Å². The molecule has 8 heteroatoms. The monoisotopic (exact) mass is 450 g/mol. The second kappa shape index (κ2) is 9.65. The smallest absolute Gasteiger partial charge is 0.399 e. The summed E-state index contributed by atoms with van der Waals surface area (Å²) in [5, 5.41) is 9.74. The molecule has 1 aromatic heterocycles. The molecular formula is C24H25F3O5. The van der Waals surface area contributed by atoms with Gasteiger partial charge in [-0.2, -0.15) is 13.2 Å². The minimum Gasteiger partial charge on any atom is -0.494 e. The van der Waals surface area contributed by atoms with Crippen LogP contribution in [0.4, 0.5) is 13.2 Å². The van der Waals surface area contributed by atoms with Gasteiger partial charge in [0.15, 0.2) is 0 Å². The maximum absolute atomic E-state index is 13.1. The van der Waals surface area contributed by atoms with Crippen molar-refractivity contribution in [1.29, 1.82) is 0 Å². The van der Waals surface area contributed by atoms with Crippen LogP contribution in [-0.2, 0) is 0 Å². The number of fused-ring (bicyclic) bond motifs is 1. The van der Waals surface area contributed by atoms with E-state index in [-0.39, 0.29) is 11.3 Å². The lowest BCUT2D eigenvalue weighted by Gasteiger charge is -2.29. The Kier molecular flexibility index (Phi) is 7.13. The van der Waals surface area contributed by atoms with Crippen molar-refractivity contribution in [3.8, 4) is 22.6 Å². The molecule has 0 spiro atoms. The van der Waals surface area contributed by atoms with E-state index in [1.165, 1.54) is 12.1 Å². The zero-order chi connectivity index (χ0) is 23.4. The van der Waals surface area contributed by atoms with Crippen LogP contribution >= 0.6 is 0 Å². The number of aliphatic hydroxyl groups is 1. The van der Waals surface area contributed by atoms with Crippen molar-refractivity contribution in [3.63, 3.8) is 0 Å². The zero-order valence-corrected chi connectivity index (χ0v) is 17.9. The molecule has 0 aliphatic carbocycles. The minimum atomic E-state index is -4.63. The average Bonchev–Trinajstić information content (AvgIpc) is 2.77. The molecule has 1 atom stereocenters. The van der Waals surface area contributed by atoms with Crippen LogP contribution in [0.3, 0.4) is 0 Å². The molecule has 0 saturated carbocycles. The summed E-state index contributed by atoms with van der Waals surface area (Å²) in [5.74, 6) is 0.814. The van der Waals surface area contributed by atoms with Crippen LogP contribution in [0.1, 0.15) is 26.7 Å². The average molecular weight is 450 g/mol. The second-order valence-electron chi connectivity index (χ2n) is 7.88.